The van der Waals surface area contributed by atoms with Gasteiger partial charge < -0.3 is 9.64 Å². The Kier molecular flexibility index (Phi) is 5.71. The Morgan fingerprint density at radius 3 is 2.55 bits per heavy atom. The molecule has 1 fully saturated rings. The second kappa shape index (κ2) is 8.57. The van der Waals surface area contributed by atoms with E-state index in [9.17, 15) is 9.18 Å². The van der Waals surface area contributed by atoms with E-state index >= 15 is 0 Å². The molecule has 0 unspecified atom stereocenters. The summed E-state index contributed by atoms with van der Waals surface area (Å²) in [5, 5.41) is 0.439. The van der Waals surface area contributed by atoms with Gasteiger partial charge in [0.25, 0.3) is 5.56 Å². The second-order valence-electron chi connectivity index (χ2n) is 7.24. The number of halogens is 1. The fourth-order valence-corrected chi connectivity index (χ4v) is 3.69. The summed E-state index contributed by atoms with van der Waals surface area (Å²) in [4.78, 5) is 20.0. The van der Waals surface area contributed by atoms with Gasteiger partial charge >= 0.3 is 0 Å². The van der Waals surface area contributed by atoms with Gasteiger partial charge in [-0.15, -0.1) is 0 Å². The molecule has 0 aliphatic carbocycles. The number of rotatable bonds is 6. The molecule has 0 amide bonds. The first-order chi connectivity index (χ1) is 14.1. The van der Waals surface area contributed by atoms with E-state index in [1.165, 1.54) is 31.0 Å². The highest BCUT2D eigenvalue weighted by Gasteiger charge is 2.14. The number of benzene rings is 2. The molecule has 0 N–H and O–H groups in total. The topological polar surface area (TPSA) is 47.4 Å². The van der Waals surface area contributed by atoms with Gasteiger partial charge in [-0.25, -0.2) is 9.37 Å². The molecular formula is C23H24FN3O2. The lowest BCUT2D eigenvalue weighted by Gasteiger charge is -2.17. The van der Waals surface area contributed by atoms with E-state index in [2.05, 4.69) is 9.88 Å². The Morgan fingerprint density at radius 2 is 1.83 bits per heavy atom. The fourth-order valence-electron chi connectivity index (χ4n) is 3.69. The molecule has 3 aromatic rings. The van der Waals surface area contributed by atoms with E-state index in [0.29, 0.717) is 23.3 Å². The third-order valence-electron chi connectivity index (χ3n) is 5.33. The highest BCUT2D eigenvalue weighted by Crippen LogP contribution is 2.16. The largest absolute Gasteiger partial charge is 0.497 e. The lowest BCUT2D eigenvalue weighted by atomic mass is 10.2. The second-order valence-corrected chi connectivity index (χ2v) is 7.24. The molecule has 150 valence electrons. The average molecular weight is 393 g/mol. The van der Waals surface area contributed by atoms with Crippen LogP contribution in [0.2, 0.25) is 0 Å². The lowest BCUT2D eigenvalue weighted by Crippen LogP contribution is -2.31. The zero-order valence-electron chi connectivity index (χ0n) is 16.5. The average Bonchev–Trinajstić information content (AvgIpc) is 3.25. The SMILES string of the molecule is COc1ccc(/C=C/c2nc3cc(F)ccc3c(=O)n2CCN2CCCC2)cc1. The lowest BCUT2D eigenvalue weighted by molar-refractivity contribution is 0.320. The molecule has 2 aromatic carbocycles. The van der Waals surface area contributed by atoms with Crippen LogP contribution in [0.5, 0.6) is 5.75 Å². The van der Waals surface area contributed by atoms with Crippen LogP contribution in [-0.2, 0) is 6.54 Å². The van der Waals surface area contributed by atoms with Gasteiger partial charge in [-0.1, -0.05) is 18.2 Å². The van der Waals surface area contributed by atoms with Crippen LogP contribution in [0.3, 0.4) is 0 Å². The van der Waals surface area contributed by atoms with E-state index < -0.39 is 5.82 Å². The molecule has 1 aliphatic rings. The highest BCUT2D eigenvalue weighted by molar-refractivity contribution is 5.79. The number of hydrogen-bond acceptors (Lipinski definition) is 4. The minimum Gasteiger partial charge on any atom is -0.497 e. The van der Waals surface area contributed by atoms with Crippen molar-refractivity contribution in [2.75, 3.05) is 26.7 Å². The van der Waals surface area contributed by atoms with E-state index in [1.807, 2.05) is 36.4 Å². The molecule has 1 saturated heterocycles. The summed E-state index contributed by atoms with van der Waals surface area (Å²) in [5.41, 5.74) is 1.20. The van der Waals surface area contributed by atoms with Crippen LogP contribution >= 0.6 is 0 Å². The van der Waals surface area contributed by atoms with E-state index in [4.69, 9.17) is 4.74 Å². The van der Waals surface area contributed by atoms with Gasteiger partial charge in [0, 0.05) is 19.2 Å². The first-order valence-electron chi connectivity index (χ1n) is 9.88. The summed E-state index contributed by atoms with van der Waals surface area (Å²) in [6.07, 6.45) is 6.12. The van der Waals surface area contributed by atoms with E-state index in [0.717, 1.165) is 30.9 Å². The quantitative estimate of drug-likeness (QED) is 0.639. The Hall–Kier alpha value is -2.99. The molecule has 2 heterocycles. The molecule has 0 atom stereocenters. The molecule has 0 radical (unpaired) electrons. The van der Waals surface area contributed by atoms with Gasteiger partial charge in [-0.2, -0.15) is 0 Å². The summed E-state index contributed by atoms with van der Waals surface area (Å²) in [6, 6.07) is 11.8. The first kappa shape index (κ1) is 19.3. The molecule has 0 saturated carbocycles. The van der Waals surface area contributed by atoms with Gasteiger partial charge in [0.1, 0.15) is 17.4 Å². The maximum absolute atomic E-state index is 13.7. The third-order valence-corrected chi connectivity index (χ3v) is 5.33. The fraction of sp³-hybridized carbons (Fsp3) is 0.304. The van der Waals surface area contributed by atoms with Gasteiger partial charge in [0.05, 0.1) is 18.0 Å². The molecule has 4 rings (SSSR count). The Bertz CT molecular complexity index is 1080. The summed E-state index contributed by atoms with van der Waals surface area (Å²) in [6.45, 7) is 3.50. The number of aromatic nitrogens is 2. The van der Waals surface area contributed by atoms with Crippen LogP contribution in [-0.4, -0.2) is 41.2 Å². The molecule has 1 aliphatic heterocycles. The van der Waals surface area contributed by atoms with Crippen molar-refractivity contribution in [3.05, 3.63) is 70.0 Å². The van der Waals surface area contributed by atoms with Crippen molar-refractivity contribution >= 4 is 23.1 Å². The Balaban J connectivity index is 1.71. The minimum absolute atomic E-state index is 0.136. The van der Waals surface area contributed by atoms with E-state index in [-0.39, 0.29) is 5.56 Å². The van der Waals surface area contributed by atoms with Crippen molar-refractivity contribution in [2.45, 2.75) is 19.4 Å². The Morgan fingerprint density at radius 1 is 1.07 bits per heavy atom. The predicted octanol–water partition coefficient (Wildman–Crippen LogP) is 3.81. The highest BCUT2D eigenvalue weighted by atomic mass is 19.1. The third kappa shape index (κ3) is 4.38. The first-order valence-corrected chi connectivity index (χ1v) is 9.88. The summed E-state index contributed by atoms with van der Waals surface area (Å²) in [7, 11) is 1.63. The van der Waals surface area contributed by atoms with Gasteiger partial charge in [0.15, 0.2) is 0 Å². The number of ether oxygens (including phenoxy) is 1. The summed E-state index contributed by atoms with van der Waals surface area (Å²) < 4.78 is 20.6. The summed E-state index contributed by atoms with van der Waals surface area (Å²) in [5.74, 6) is 0.913. The molecular weight excluding hydrogens is 369 g/mol. The number of hydrogen-bond donors (Lipinski definition) is 0. The molecule has 29 heavy (non-hydrogen) atoms. The molecule has 1 aromatic heterocycles. The van der Waals surface area contributed by atoms with E-state index in [1.54, 1.807) is 11.7 Å². The predicted molar refractivity (Wildman–Crippen MR) is 114 cm³/mol. The van der Waals surface area contributed by atoms with Crippen molar-refractivity contribution < 1.29 is 9.13 Å². The van der Waals surface area contributed by atoms with Crippen LogP contribution in [0, 0.1) is 5.82 Å². The maximum Gasteiger partial charge on any atom is 0.261 e. The van der Waals surface area contributed by atoms with Crippen molar-refractivity contribution in [2.24, 2.45) is 0 Å². The number of likely N-dealkylation sites (tertiary alicyclic amines) is 1. The molecule has 0 bridgehead atoms. The molecule has 0 spiro atoms. The van der Waals surface area contributed by atoms with Crippen LogP contribution in [0.4, 0.5) is 4.39 Å². The number of fused-ring (bicyclic) bond motifs is 1. The number of methoxy groups -OCH3 is 1. The van der Waals surface area contributed by atoms with Crippen molar-refractivity contribution in [3.63, 3.8) is 0 Å². The van der Waals surface area contributed by atoms with Crippen molar-refractivity contribution in [3.8, 4) is 5.75 Å². The summed E-state index contributed by atoms with van der Waals surface area (Å²) >= 11 is 0. The standard InChI is InChI=1S/C23H24FN3O2/c1-29-19-8-4-17(5-9-19)6-11-22-25-21-16-18(24)7-10-20(21)23(28)27(22)15-14-26-12-2-3-13-26/h4-11,16H,2-3,12-15H2,1H3/b11-6+. The van der Waals surface area contributed by atoms with Crippen molar-refractivity contribution in [1.82, 2.24) is 14.5 Å². The van der Waals surface area contributed by atoms with Crippen LogP contribution < -0.4 is 10.3 Å². The number of nitrogens with zero attached hydrogens (tertiary/aromatic N) is 3. The van der Waals surface area contributed by atoms with Gasteiger partial charge in [-0.3, -0.25) is 9.36 Å². The van der Waals surface area contributed by atoms with Crippen LogP contribution in [0.1, 0.15) is 24.2 Å². The smallest absolute Gasteiger partial charge is 0.261 e. The minimum atomic E-state index is -0.399. The maximum atomic E-state index is 13.7. The monoisotopic (exact) mass is 393 g/mol. The van der Waals surface area contributed by atoms with Gasteiger partial charge in [-0.05, 0) is 61.8 Å². The normalized spacial score (nSPS) is 14.8. The zero-order chi connectivity index (χ0) is 20.2. The van der Waals surface area contributed by atoms with Gasteiger partial charge in [0.2, 0.25) is 0 Å². The Labute approximate surface area is 169 Å². The van der Waals surface area contributed by atoms with Crippen molar-refractivity contribution in [1.29, 1.82) is 0 Å². The van der Waals surface area contributed by atoms with Crippen LogP contribution in [0.25, 0.3) is 23.1 Å². The molecule has 6 heteroatoms. The van der Waals surface area contributed by atoms with Crippen LogP contribution in [0.15, 0.2) is 47.3 Å². The zero-order valence-corrected chi connectivity index (χ0v) is 16.5. The molecule has 5 nitrogen and oxygen atoms in total.